The average Bonchev–Trinajstić information content (AvgIpc) is 2.48. The molecule has 2 heterocycles. The summed E-state index contributed by atoms with van der Waals surface area (Å²) in [5, 5.41) is 9.75. The van der Waals surface area contributed by atoms with Gasteiger partial charge in [0.1, 0.15) is 12.2 Å². The second-order valence-corrected chi connectivity index (χ2v) is 3.30. The number of fused-ring (bicyclic) bond motifs is 2. The zero-order valence-corrected chi connectivity index (χ0v) is 7.67. The third-order valence-corrected chi connectivity index (χ3v) is 2.63. The van der Waals surface area contributed by atoms with Gasteiger partial charge in [0.2, 0.25) is 0 Å². The lowest BCUT2D eigenvalue weighted by Crippen LogP contribution is -2.51. The van der Waals surface area contributed by atoms with Crippen LogP contribution < -0.4 is 0 Å². The number of aliphatic hydroxyl groups is 1. The highest BCUT2D eigenvalue weighted by Crippen LogP contribution is 2.34. The van der Waals surface area contributed by atoms with Crippen molar-refractivity contribution in [3.63, 3.8) is 0 Å². The van der Waals surface area contributed by atoms with Gasteiger partial charge < -0.3 is 24.1 Å². The van der Waals surface area contributed by atoms with Crippen LogP contribution in [0.3, 0.4) is 0 Å². The zero-order valence-electron chi connectivity index (χ0n) is 7.67. The van der Waals surface area contributed by atoms with Gasteiger partial charge in [0.05, 0.1) is 6.61 Å². The van der Waals surface area contributed by atoms with Gasteiger partial charge in [0.15, 0.2) is 12.6 Å². The van der Waals surface area contributed by atoms with Gasteiger partial charge in [0, 0.05) is 20.1 Å². The maximum Gasteiger partial charge on any atom is 0.187 e. The molecule has 2 saturated heterocycles. The number of hydrogen-bond donors (Lipinski definition) is 1. The first-order valence-corrected chi connectivity index (χ1v) is 4.28. The highest BCUT2D eigenvalue weighted by atomic mass is 16.8. The quantitative estimate of drug-likeness (QED) is 0.626. The van der Waals surface area contributed by atoms with Crippen molar-refractivity contribution in [1.82, 2.24) is 0 Å². The van der Waals surface area contributed by atoms with Gasteiger partial charge in [-0.1, -0.05) is 0 Å². The lowest BCUT2D eigenvalue weighted by atomic mass is 9.95. The van der Waals surface area contributed by atoms with Crippen molar-refractivity contribution in [3.8, 4) is 0 Å². The lowest BCUT2D eigenvalue weighted by Gasteiger charge is -2.35. The molecule has 0 saturated carbocycles. The van der Waals surface area contributed by atoms with Crippen molar-refractivity contribution >= 4 is 0 Å². The van der Waals surface area contributed by atoms with Crippen LogP contribution >= 0.6 is 0 Å². The van der Waals surface area contributed by atoms with E-state index in [1.807, 2.05) is 0 Å². The van der Waals surface area contributed by atoms with Crippen molar-refractivity contribution in [2.24, 2.45) is 5.92 Å². The van der Waals surface area contributed by atoms with E-state index in [9.17, 15) is 5.11 Å². The molecule has 0 spiro atoms. The van der Waals surface area contributed by atoms with Crippen LogP contribution in [0.5, 0.6) is 0 Å². The summed E-state index contributed by atoms with van der Waals surface area (Å²) in [7, 11) is 3.09. The van der Waals surface area contributed by atoms with Crippen LogP contribution in [0.2, 0.25) is 0 Å². The first kappa shape index (κ1) is 9.36. The number of hydrogen-bond acceptors (Lipinski definition) is 5. The third-order valence-electron chi connectivity index (χ3n) is 2.63. The van der Waals surface area contributed by atoms with E-state index >= 15 is 0 Å². The molecule has 2 rings (SSSR count). The first-order valence-electron chi connectivity index (χ1n) is 4.28. The third kappa shape index (κ3) is 1.37. The molecular formula is C8H14O5. The summed E-state index contributed by atoms with van der Waals surface area (Å²) in [4.78, 5) is 0. The van der Waals surface area contributed by atoms with Crippen LogP contribution in [0, 0.1) is 5.92 Å². The molecule has 76 valence electrons. The second-order valence-electron chi connectivity index (χ2n) is 3.30. The normalized spacial score (nSPS) is 49.6. The fourth-order valence-corrected chi connectivity index (χ4v) is 1.90. The van der Waals surface area contributed by atoms with Gasteiger partial charge in [-0.25, -0.2) is 0 Å². The number of aliphatic hydroxyl groups excluding tert-OH is 1. The molecule has 1 N–H and O–H groups in total. The molecule has 0 aromatic carbocycles. The van der Waals surface area contributed by atoms with Crippen LogP contribution in [0.25, 0.3) is 0 Å². The number of methoxy groups -OCH3 is 2. The Morgan fingerprint density at radius 1 is 1.31 bits per heavy atom. The molecule has 2 aliphatic rings. The topological polar surface area (TPSA) is 57.2 Å². The Kier molecular flexibility index (Phi) is 2.53. The highest BCUT2D eigenvalue weighted by molar-refractivity contribution is 4.91. The molecule has 2 aliphatic heterocycles. The Balaban J connectivity index is 2.11. The van der Waals surface area contributed by atoms with Gasteiger partial charge in [-0.05, 0) is 0 Å². The van der Waals surface area contributed by atoms with Crippen molar-refractivity contribution in [2.75, 3.05) is 20.8 Å². The van der Waals surface area contributed by atoms with Crippen molar-refractivity contribution in [3.05, 3.63) is 0 Å². The van der Waals surface area contributed by atoms with E-state index in [0.29, 0.717) is 6.61 Å². The molecule has 5 nitrogen and oxygen atoms in total. The smallest absolute Gasteiger partial charge is 0.187 e. The van der Waals surface area contributed by atoms with Crippen LogP contribution in [-0.4, -0.2) is 50.7 Å². The predicted molar refractivity (Wildman–Crippen MR) is 41.9 cm³/mol. The summed E-state index contributed by atoms with van der Waals surface area (Å²) < 4.78 is 20.8. The fourth-order valence-electron chi connectivity index (χ4n) is 1.90. The van der Waals surface area contributed by atoms with Gasteiger partial charge in [-0.3, -0.25) is 0 Å². The minimum absolute atomic E-state index is 0.0475. The van der Waals surface area contributed by atoms with Crippen LogP contribution in [0.15, 0.2) is 0 Å². The van der Waals surface area contributed by atoms with E-state index in [-0.39, 0.29) is 12.0 Å². The van der Waals surface area contributed by atoms with Crippen molar-refractivity contribution in [2.45, 2.75) is 24.8 Å². The summed E-state index contributed by atoms with van der Waals surface area (Å²) in [5.41, 5.74) is 0. The molecule has 0 amide bonds. The van der Waals surface area contributed by atoms with E-state index in [1.165, 1.54) is 7.11 Å². The molecule has 0 aromatic rings. The number of ether oxygens (including phenoxy) is 4. The molecule has 0 aromatic heterocycles. The SMILES string of the molecule is CO[C@H]1O[C@@H]2OC[C@H]([C@H]1O)[C@@H]2OC. The first-order chi connectivity index (χ1) is 6.27. The van der Waals surface area contributed by atoms with Crippen LogP contribution in [0.1, 0.15) is 0 Å². The Labute approximate surface area is 76.5 Å². The van der Waals surface area contributed by atoms with Crippen LogP contribution in [0.4, 0.5) is 0 Å². The van der Waals surface area contributed by atoms with Crippen molar-refractivity contribution < 1.29 is 24.1 Å². The zero-order chi connectivity index (χ0) is 9.42. The standard InChI is InChI=1S/C8H14O5/c1-10-6-4-3-12-8(6)13-7(11-2)5(4)9/h4-9H,3H2,1-2H3/t4-,5-,6+,7+,8+/m1/s1. The molecule has 13 heavy (non-hydrogen) atoms. The van der Waals surface area contributed by atoms with E-state index in [0.717, 1.165) is 0 Å². The Bertz CT molecular complexity index is 185. The van der Waals surface area contributed by atoms with Crippen molar-refractivity contribution in [1.29, 1.82) is 0 Å². The maximum absolute atomic E-state index is 9.75. The van der Waals surface area contributed by atoms with Gasteiger partial charge in [0.25, 0.3) is 0 Å². The van der Waals surface area contributed by atoms with Gasteiger partial charge in [-0.2, -0.15) is 0 Å². The molecule has 0 radical (unpaired) electrons. The molecule has 5 atom stereocenters. The second kappa shape index (κ2) is 3.51. The van der Waals surface area contributed by atoms with Gasteiger partial charge >= 0.3 is 0 Å². The van der Waals surface area contributed by atoms with E-state index in [1.54, 1.807) is 7.11 Å². The highest BCUT2D eigenvalue weighted by Gasteiger charge is 2.51. The van der Waals surface area contributed by atoms with E-state index in [4.69, 9.17) is 18.9 Å². The van der Waals surface area contributed by atoms with E-state index < -0.39 is 18.7 Å². The summed E-state index contributed by atoms with van der Waals surface area (Å²) >= 11 is 0. The van der Waals surface area contributed by atoms with Crippen LogP contribution in [-0.2, 0) is 18.9 Å². The molecular weight excluding hydrogens is 176 g/mol. The molecule has 2 bridgehead atoms. The lowest BCUT2D eigenvalue weighted by molar-refractivity contribution is -0.295. The largest absolute Gasteiger partial charge is 0.387 e. The molecule has 2 fully saturated rings. The fraction of sp³-hybridized carbons (Fsp3) is 1.00. The monoisotopic (exact) mass is 190 g/mol. The Morgan fingerprint density at radius 3 is 2.69 bits per heavy atom. The van der Waals surface area contributed by atoms with Gasteiger partial charge in [-0.15, -0.1) is 0 Å². The molecule has 0 aliphatic carbocycles. The average molecular weight is 190 g/mol. The minimum atomic E-state index is -0.673. The Hall–Kier alpha value is -0.200. The molecule has 0 unspecified atom stereocenters. The minimum Gasteiger partial charge on any atom is -0.387 e. The summed E-state index contributed by atoms with van der Waals surface area (Å²) in [6.07, 6.45) is -1.85. The summed E-state index contributed by atoms with van der Waals surface area (Å²) in [6, 6.07) is 0. The summed E-state index contributed by atoms with van der Waals surface area (Å²) in [6.45, 7) is 0.462. The predicted octanol–water partition coefficient (Wildman–Crippen LogP) is -0.663. The van der Waals surface area contributed by atoms with E-state index in [2.05, 4.69) is 0 Å². The number of rotatable bonds is 2. The maximum atomic E-state index is 9.75. The Morgan fingerprint density at radius 2 is 2.08 bits per heavy atom. The summed E-state index contributed by atoms with van der Waals surface area (Å²) in [5.74, 6) is -0.0475. The molecule has 5 heteroatoms.